The van der Waals surface area contributed by atoms with Crippen LogP contribution < -0.4 is 4.90 Å². The number of hydrogen-bond acceptors (Lipinski definition) is 3. The second-order valence-corrected chi connectivity index (χ2v) is 6.85. The summed E-state index contributed by atoms with van der Waals surface area (Å²) >= 11 is 0. The molecular formula is C23H21N3O2. The molecule has 140 valence electrons. The van der Waals surface area contributed by atoms with Crippen LogP contribution in [0.3, 0.4) is 0 Å². The van der Waals surface area contributed by atoms with Crippen LogP contribution >= 0.6 is 0 Å². The van der Waals surface area contributed by atoms with Gasteiger partial charge >= 0.3 is 0 Å². The van der Waals surface area contributed by atoms with Crippen LogP contribution in [0.25, 0.3) is 0 Å². The lowest BCUT2D eigenvalue weighted by atomic mass is 10.00. The third-order valence-electron chi connectivity index (χ3n) is 5.05. The Labute approximate surface area is 164 Å². The molecule has 2 heterocycles. The zero-order chi connectivity index (χ0) is 19.5. The van der Waals surface area contributed by atoms with E-state index in [4.69, 9.17) is 0 Å². The Morgan fingerprint density at radius 1 is 0.857 bits per heavy atom. The highest BCUT2D eigenvalue weighted by molar-refractivity contribution is 6.05. The Morgan fingerprint density at radius 3 is 2.32 bits per heavy atom. The largest absolute Gasteiger partial charge is 0.333 e. The van der Waals surface area contributed by atoms with Crippen LogP contribution in [0.15, 0.2) is 72.8 Å². The molecule has 4 rings (SSSR count). The summed E-state index contributed by atoms with van der Waals surface area (Å²) in [5.41, 5.74) is 3.78. The van der Waals surface area contributed by atoms with E-state index in [-0.39, 0.29) is 17.5 Å². The van der Waals surface area contributed by atoms with Gasteiger partial charge in [-0.2, -0.15) is 0 Å². The lowest BCUT2D eigenvalue weighted by Gasteiger charge is -2.28. The Morgan fingerprint density at radius 2 is 1.54 bits per heavy atom. The molecule has 28 heavy (non-hydrogen) atoms. The van der Waals surface area contributed by atoms with Gasteiger partial charge in [0, 0.05) is 25.8 Å². The number of anilines is 1. The monoisotopic (exact) mass is 371 g/mol. The normalized spacial score (nSPS) is 13.0. The molecule has 5 heteroatoms. The van der Waals surface area contributed by atoms with Gasteiger partial charge in [-0.3, -0.25) is 9.59 Å². The average molecular weight is 371 g/mol. The number of carbonyl (C=O) groups excluding carboxylic acids is 2. The van der Waals surface area contributed by atoms with Crippen LogP contribution in [0.1, 0.15) is 32.1 Å². The number of benzene rings is 2. The second kappa shape index (κ2) is 7.64. The SMILES string of the molecule is CN(C(=O)c1cccc(C(=O)N2CCc3ccccc3C2)n1)c1ccccc1. The fraction of sp³-hybridized carbons (Fsp3) is 0.174. The van der Waals surface area contributed by atoms with Gasteiger partial charge in [0.05, 0.1) is 0 Å². The smallest absolute Gasteiger partial charge is 0.276 e. The number of carbonyl (C=O) groups is 2. The first-order chi connectivity index (χ1) is 13.6. The summed E-state index contributed by atoms with van der Waals surface area (Å²) < 4.78 is 0. The van der Waals surface area contributed by atoms with E-state index in [0.29, 0.717) is 18.8 Å². The minimum Gasteiger partial charge on any atom is -0.333 e. The highest BCUT2D eigenvalue weighted by atomic mass is 16.2. The van der Waals surface area contributed by atoms with Crippen molar-refractivity contribution in [2.45, 2.75) is 13.0 Å². The minimum atomic E-state index is -0.246. The molecule has 2 aromatic carbocycles. The molecule has 0 aliphatic carbocycles. The van der Waals surface area contributed by atoms with Gasteiger partial charge in [-0.1, -0.05) is 48.5 Å². The van der Waals surface area contributed by atoms with E-state index in [2.05, 4.69) is 17.1 Å². The van der Waals surface area contributed by atoms with E-state index < -0.39 is 0 Å². The summed E-state index contributed by atoms with van der Waals surface area (Å²) in [7, 11) is 1.70. The molecule has 0 unspecified atom stereocenters. The van der Waals surface area contributed by atoms with Gasteiger partial charge < -0.3 is 9.80 Å². The topological polar surface area (TPSA) is 53.5 Å². The first-order valence-electron chi connectivity index (χ1n) is 9.30. The van der Waals surface area contributed by atoms with Crippen LogP contribution in [0.2, 0.25) is 0 Å². The van der Waals surface area contributed by atoms with Crippen molar-refractivity contribution in [3.8, 4) is 0 Å². The van der Waals surface area contributed by atoms with Crippen LogP contribution in [0.5, 0.6) is 0 Å². The van der Waals surface area contributed by atoms with Crippen molar-refractivity contribution in [3.63, 3.8) is 0 Å². The number of pyridine rings is 1. The molecule has 0 saturated heterocycles. The van der Waals surface area contributed by atoms with Gasteiger partial charge in [-0.25, -0.2) is 4.98 Å². The Bertz CT molecular complexity index is 1020. The molecule has 0 atom stereocenters. The number of amides is 2. The first-order valence-corrected chi connectivity index (χ1v) is 9.30. The summed E-state index contributed by atoms with van der Waals surface area (Å²) in [4.78, 5) is 33.5. The number of hydrogen-bond donors (Lipinski definition) is 0. The third-order valence-corrected chi connectivity index (χ3v) is 5.05. The predicted octanol–water partition coefficient (Wildman–Crippen LogP) is 3.56. The molecule has 0 bridgehead atoms. The molecule has 1 aliphatic heterocycles. The predicted molar refractivity (Wildman–Crippen MR) is 108 cm³/mol. The molecule has 0 radical (unpaired) electrons. The molecule has 3 aromatic rings. The Hall–Kier alpha value is -3.47. The zero-order valence-corrected chi connectivity index (χ0v) is 15.7. The van der Waals surface area contributed by atoms with Crippen molar-refractivity contribution < 1.29 is 9.59 Å². The van der Waals surface area contributed by atoms with Gasteiger partial charge in [0.2, 0.25) is 0 Å². The van der Waals surface area contributed by atoms with Crippen LogP contribution in [-0.2, 0) is 13.0 Å². The standard InChI is InChI=1S/C23H21N3O2/c1-25(19-10-3-2-4-11-19)22(27)20-12-7-13-21(24-20)23(28)26-15-14-17-8-5-6-9-18(17)16-26/h2-13H,14-16H2,1H3. The second-order valence-electron chi connectivity index (χ2n) is 6.85. The van der Waals surface area contributed by atoms with Gasteiger partial charge in [-0.05, 0) is 41.8 Å². The van der Waals surface area contributed by atoms with Crippen LogP contribution in [0, 0.1) is 0 Å². The number of para-hydroxylation sites is 1. The zero-order valence-electron chi connectivity index (χ0n) is 15.7. The van der Waals surface area contributed by atoms with E-state index in [0.717, 1.165) is 17.7 Å². The summed E-state index contributed by atoms with van der Waals surface area (Å²) in [5.74, 6) is -0.392. The van der Waals surface area contributed by atoms with Crippen molar-refractivity contribution in [2.24, 2.45) is 0 Å². The fourth-order valence-electron chi connectivity index (χ4n) is 3.44. The summed E-state index contributed by atoms with van der Waals surface area (Å²) in [5, 5.41) is 0. The maximum absolute atomic E-state index is 13.0. The Balaban J connectivity index is 1.54. The number of rotatable bonds is 3. The molecule has 2 amide bonds. The quantitative estimate of drug-likeness (QED) is 0.707. The van der Waals surface area contributed by atoms with Crippen LogP contribution in [0.4, 0.5) is 5.69 Å². The van der Waals surface area contributed by atoms with Crippen molar-refractivity contribution in [3.05, 3.63) is 95.3 Å². The third kappa shape index (κ3) is 3.51. The molecule has 5 nitrogen and oxygen atoms in total. The van der Waals surface area contributed by atoms with E-state index >= 15 is 0 Å². The fourth-order valence-corrected chi connectivity index (χ4v) is 3.44. The molecule has 1 aromatic heterocycles. The van der Waals surface area contributed by atoms with E-state index in [1.54, 1.807) is 30.1 Å². The average Bonchev–Trinajstić information content (AvgIpc) is 2.78. The van der Waals surface area contributed by atoms with Crippen LogP contribution in [-0.4, -0.2) is 35.3 Å². The van der Waals surface area contributed by atoms with Gasteiger partial charge in [0.1, 0.15) is 11.4 Å². The Kier molecular flexibility index (Phi) is 4.89. The van der Waals surface area contributed by atoms with Crippen molar-refractivity contribution in [1.82, 2.24) is 9.88 Å². The lowest BCUT2D eigenvalue weighted by molar-refractivity contribution is 0.0728. The van der Waals surface area contributed by atoms with Crippen molar-refractivity contribution in [2.75, 3.05) is 18.5 Å². The molecule has 0 N–H and O–H groups in total. The van der Waals surface area contributed by atoms with Gasteiger partial charge in [0.25, 0.3) is 11.8 Å². The van der Waals surface area contributed by atoms with E-state index in [9.17, 15) is 9.59 Å². The molecule has 0 spiro atoms. The molecular weight excluding hydrogens is 350 g/mol. The molecule has 0 fully saturated rings. The van der Waals surface area contributed by atoms with Gasteiger partial charge in [0.15, 0.2) is 0 Å². The minimum absolute atomic E-state index is 0.147. The number of nitrogens with zero attached hydrogens (tertiary/aromatic N) is 3. The highest BCUT2D eigenvalue weighted by Crippen LogP contribution is 2.20. The van der Waals surface area contributed by atoms with Gasteiger partial charge in [-0.15, -0.1) is 0 Å². The molecule has 0 saturated carbocycles. The molecule has 1 aliphatic rings. The summed E-state index contributed by atoms with van der Waals surface area (Å²) in [6.07, 6.45) is 0.831. The number of aromatic nitrogens is 1. The summed E-state index contributed by atoms with van der Waals surface area (Å²) in [6.45, 7) is 1.22. The first kappa shape index (κ1) is 17.9. The highest BCUT2D eigenvalue weighted by Gasteiger charge is 2.23. The number of fused-ring (bicyclic) bond motifs is 1. The summed E-state index contributed by atoms with van der Waals surface area (Å²) in [6, 6.07) is 22.6. The van der Waals surface area contributed by atoms with E-state index in [1.165, 1.54) is 10.5 Å². The maximum atomic E-state index is 13.0. The van der Waals surface area contributed by atoms with E-state index in [1.807, 2.05) is 42.5 Å². The van der Waals surface area contributed by atoms with Crippen molar-refractivity contribution >= 4 is 17.5 Å². The van der Waals surface area contributed by atoms with Crippen molar-refractivity contribution in [1.29, 1.82) is 0 Å². The lowest BCUT2D eigenvalue weighted by Crippen LogP contribution is -2.36. The maximum Gasteiger partial charge on any atom is 0.276 e.